The third-order valence-corrected chi connectivity index (χ3v) is 2.01. The third-order valence-electron chi connectivity index (χ3n) is 2.01. The number of alkyl halides is 11. The average molecular weight is 298 g/mol. The third kappa shape index (κ3) is 2.11. The van der Waals surface area contributed by atoms with Crippen LogP contribution in [0.1, 0.15) is 6.92 Å². The smallest absolute Gasteiger partial charge is 0.241 e. The molecule has 0 aromatic carbocycles. The second-order valence-electron chi connectivity index (χ2n) is 3.31. The van der Waals surface area contributed by atoms with Crippen molar-refractivity contribution in [2.45, 2.75) is 43.2 Å². The van der Waals surface area contributed by atoms with Crippen LogP contribution in [0.3, 0.4) is 0 Å². The normalized spacial score (nSPS) is 17.2. The summed E-state index contributed by atoms with van der Waals surface area (Å²) in [4.78, 5) is 0. The zero-order chi connectivity index (χ0) is 15.2. The van der Waals surface area contributed by atoms with Gasteiger partial charge in [0.15, 0.2) is 6.17 Å². The van der Waals surface area contributed by atoms with E-state index in [-0.39, 0.29) is 6.92 Å². The van der Waals surface area contributed by atoms with Crippen molar-refractivity contribution in [2.75, 3.05) is 0 Å². The molecule has 0 heterocycles. The van der Waals surface area contributed by atoms with Crippen LogP contribution in [0.4, 0.5) is 48.3 Å². The average Bonchev–Trinajstić information content (AvgIpc) is 2.15. The first-order chi connectivity index (χ1) is 7.64. The molecule has 1 unspecified atom stereocenters. The van der Waals surface area contributed by atoms with E-state index in [1.807, 2.05) is 0 Å². The molecule has 0 fully saturated rings. The first kappa shape index (κ1) is 17.2. The quantitative estimate of drug-likeness (QED) is 0.669. The molecule has 0 aliphatic heterocycles. The summed E-state index contributed by atoms with van der Waals surface area (Å²) in [5.74, 6) is -27.1. The lowest BCUT2D eigenvalue weighted by Gasteiger charge is -2.36. The van der Waals surface area contributed by atoms with Gasteiger partial charge in [-0.3, -0.25) is 0 Å². The van der Waals surface area contributed by atoms with E-state index in [2.05, 4.69) is 0 Å². The fourth-order valence-electron chi connectivity index (χ4n) is 0.805. The van der Waals surface area contributed by atoms with Crippen molar-refractivity contribution in [2.24, 2.45) is 0 Å². The molecule has 0 N–H and O–H groups in total. The summed E-state index contributed by atoms with van der Waals surface area (Å²) in [6.07, 6.45) is -9.28. The highest BCUT2D eigenvalue weighted by molar-refractivity contribution is 5.06. The summed E-state index contributed by atoms with van der Waals surface area (Å²) in [5.41, 5.74) is 0. The fourth-order valence-corrected chi connectivity index (χ4v) is 0.805. The Balaban J connectivity index is 5.74. The summed E-state index contributed by atoms with van der Waals surface area (Å²) in [7, 11) is 0. The molecule has 110 valence electrons. The molecule has 0 saturated heterocycles. The molecule has 0 aromatic rings. The standard InChI is InChI=1S/C7H5F11/c1-2(8)4(11,12)6(15,16)7(17,18)5(13,14)3(9)10/h2-3H,1H3. The Morgan fingerprint density at radius 2 is 0.889 bits per heavy atom. The molecule has 0 aliphatic carbocycles. The highest BCUT2D eigenvalue weighted by atomic mass is 19.4. The summed E-state index contributed by atoms with van der Waals surface area (Å²) in [6, 6.07) is 0. The van der Waals surface area contributed by atoms with Gasteiger partial charge >= 0.3 is 30.1 Å². The minimum atomic E-state index is -7.13. The van der Waals surface area contributed by atoms with Crippen LogP contribution in [-0.2, 0) is 0 Å². The SMILES string of the molecule is CC(F)C(F)(F)C(F)(F)C(F)(F)C(F)(F)C(F)F. The molecule has 0 radical (unpaired) electrons. The van der Waals surface area contributed by atoms with Crippen LogP contribution in [0.25, 0.3) is 0 Å². The van der Waals surface area contributed by atoms with Crippen molar-refractivity contribution in [1.82, 2.24) is 0 Å². The molecule has 18 heavy (non-hydrogen) atoms. The Morgan fingerprint density at radius 3 is 1.11 bits per heavy atom. The highest BCUT2D eigenvalue weighted by Crippen LogP contribution is 2.55. The maximum absolute atomic E-state index is 12.5. The molecule has 0 aliphatic rings. The van der Waals surface area contributed by atoms with Crippen LogP contribution < -0.4 is 0 Å². The van der Waals surface area contributed by atoms with Crippen molar-refractivity contribution in [3.63, 3.8) is 0 Å². The molecule has 0 saturated carbocycles. The zero-order valence-electron chi connectivity index (χ0n) is 8.31. The van der Waals surface area contributed by atoms with Crippen molar-refractivity contribution < 1.29 is 48.3 Å². The van der Waals surface area contributed by atoms with Gasteiger partial charge in [0.1, 0.15) is 0 Å². The van der Waals surface area contributed by atoms with Crippen LogP contribution in [0.5, 0.6) is 0 Å². The molecule has 0 spiro atoms. The number of rotatable bonds is 5. The Hall–Kier alpha value is -0.770. The summed E-state index contributed by atoms with van der Waals surface area (Å²) >= 11 is 0. The van der Waals surface area contributed by atoms with Gasteiger partial charge in [-0.1, -0.05) is 0 Å². The lowest BCUT2D eigenvalue weighted by atomic mass is 9.96. The van der Waals surface area contributed by atoms with Crippen LogP contribution in [0.2, 0.25) is 0 Å². The zero-order valence-corrected chi connectivity index (χ0v) is 8.31. The van der Waals surface area contributed by atoms with Gasteiger partial charge in [-0.2, -0.15) is 35.1 Å². The Kier molecular flexibility index (Phi) is 4.22. The minimum Gasteiger partial charge on any atom is -0.241 e. The van der Waals surface area contributed by atoms with Crippen LogP contribution in [0, 0.1) is 0 Å². The lowest BCUT2D eigenvalue weighted by Crippen LogP contribution is -2.66. The second-order valence-corrected chi connectivity index (χ2v) is 3.31. The molecule has 0 amide bonds. The minimum absolute atomic E-state index is 0.301. The van der Waals surface area contributed by atoms with Gasteiger partial charge in [0.25, 0.3) is 0 Å². The highest BCUT2D eigenvalue weighted by Gasteiger charge is 2.83. The van der Waals surface area contributed by atoms with E-state index in [0.717, 1.165) is 0 Å². The fraction of sp³-hybridized carbons (Fsp3) is 1.00. The Bertz CT molecular complexity index is 262. The molecular weight excluding hydrogens is 293 g/mol. The van der Waals surface area contributed by atoms with E-state index in [9.17, 15) is 48.3 Å². The molecule has 1 atom stereocenters. The molecule has 0 rings (SSSR count). The predicted molar refractivity (Wildman–Crippen MR) is 36.4 cm³/mol. The maximum atomic E-state index is 12.5. The summed E-state index contributed by atoms with van der Waals surface area (Å²) in [6.45, 7) is -0.301. The topological polar surface area (TPSA) is 0 Å². The maximum Gasteiger partial charge on any atom is 0.384 e. The van der Waals surface area contributed by atoms with Gasteiger partial charge < -0.3 is 0 Å². The van der Waals surface area contributed by atoms with E-state index in [1.54, 1.807) is 0 Å². The van der Waals surface area contributed by atoms with E-state index < -0.39 is 36.3 Å². The van der Waals surface area contributed by atoms with Crippen LogP contribution >= 0.6 is 0 Å². The van der Waals surface area contributed by atoms with Crippen molar-refractivity contribution >= 4 is 0 Å². The van der Waals surface area contributed by atoms with Crippen LogP contribution in [-0.4, -0.2) is 36.3 Å². The Labute approximate surface area is 92.7 Å². The van der Waals surface area contributed by atoms with Crippen molar-refractivity contribution in [3.05, 3.63) is 0 Å². The first-order valence-electron chi connectivity index (χ1n) is 4.07. The van der Waals surface area contributed by atoms with Gasteiger partial charge in [0.2, 0.25) is 0 Å². The summed E-state index contributed by atoms with van der Waals surface area (Å²) < 4.78 is 134. The number of hydrogen-bond donors (Lipinski definition) is 0. The van der Waals surface area contributed by atoms with Crippen molar-refractivity contribution in [1.29, 1.82) is 0 Å². The number of hydrogen-bond acceptors (Lipinski definition) is 0. The summed E-state index contributed by atoms with van der Waals surface area (Å²) in [5, 5.41) is 0. The first-order valence-corrected chi connectivity index (χ1v) is 4.07. The molecule has 0 aromatic heterocycles. The van der Waals surface area contributed by atoms with Gasteiger partial charge in [-0.15, -0.1) is 0 Å². The molecule has 11 heteroatoms. The van der Waals surface area contributed by atoms with Gasteiger partial charge in [-0.25, -0.2) is 13.2 Å². The largest absolute Gasteiger partial charge is 0.384 e. The van der Waals surface area contributed by atoms with Gasteiger partial charge in [0, 0.05) is 0 Å². The van der Waals surface area contributed by atoms with Crippen molar-refractivity contribution in [3.8, 4) is 0 Å². The van der Waals surface area contributed by atoms with Gasteiger partial charge in [0.05, 0.1) is 0 Å². The predicted octanol–water partition coefficient (Wildman–Crippen LogP) is 4.15. The van der Waals surface area contributed by atoms with E-state index in [0.29, 0.717) is 0 Å². The van der Waals surface area contributed by atoms with E-state index >= 15 is 0 Å². The monoisotopic (exact) mass is 298 g/mol. The second kappa shape index (κ2) is 4.41. The van der Waals surface area contributed by atoms with E-state index in [1.165, 1.54) is 0 Å². The van der Waals surface area contributed by atoms with E-state index in [4.69, 9.17) is 0 Å². The Morgan fingerprint density at radius 1 is 0.611 bits per heavy atom. The molecular formula is C7H5F11. The number of halogens is 11. The molecule has 0 nitrogen and oxygen atoms in total. The van der Waals surface area contributed by atoms with Crippen LogP contribution in [0.15, 0.2) is 0 Å². The van der Waals surface area contributed by atoms with Gasteiger partial charge in [-0.05, 0) is 6.92 Å². The lowest BCUT2D eigenvalue weighted by molar-refractivity contribution is -0.390. The molecule has 0 bridgehead atoms.